The second-order valence-electron chi connectivity index (χ2n) is 2.96. The Labute approximate surface area is 74.0 Å². The summed E-state index contributed by atoms with van der Waals surface area (Å²) in [5.74, 6) is -0.470. The molecule has 0 radical (unpaired) electrons. The first kappa shape index (κ1) is 7.98. The lowest BCUT2D eigenvalue weighted by molar-refractivity contribution is 0.638. The number of H-pyrrole nitrogens is 1. The third kappa shape index (κ3) is 1.13. The summed E-state index contributed by atoms with van der Waals surface area (Å²) < 4.78 is 13.2. The van der Waals surface area contributed by atoms with Crippen LogP contribution in [0.4, 0.5) is 4.39 Å². The van der Waals surface area contributed by atoms with Crippen LogP contribution in [-0.4, -0.2) is 4.98 Å². The van der Waals surface area contributed by atoms with Gasteiger partial charge in [-0.15, -0.1) is 0 Å². The summed E-state index contributed by atoms with van der Waals surface area (Å²) in [5, 5.41) is 0.141. The van der Waals surface area contributed by atoms with Crippen LogP contribution >= 0.6 is 0 Å². The zero-order valence-electron chi connectivity index (χ0n) is 7.10. The van der Waals surface area contributed by atoms with E-state index in [9.17, 15) is 9.18 Å². The van der Waals surface area contributed by atoms with Crippen molar-refractivity contribution in [2.75, 3.05) is 0 Å². The number of aryl methyl sites for hydroxylation is 1. The lowest BCUT2D eigenvalue weighted by atomic mass is 10.1. The van der Waals surface area contributed by atoms with Crippen LogP contribution in [0.15, 0.2) is 29.2 Å². The molecule has 1 heterocycles. The molecule has 3 heteroatoms. The molecule has 0 bridgehead atoms. The van der Waals surface area contributed by atoms with Crippen molar-refractivity contribution < 1.29 is 4.39 Å². The minimum Gasteiger partial charge on any atom is -0.361 e. The van der Waals surface area contributed by atoms with E-state index in [0.717, 1.165) is 5.56 Å². The van der Waals surface area contributed by atoms with Crippen LogP contribution in [0, 0.1) is 12.7 Å². The number of halogens is 1. The fraction of sp³-hybridized carbons (Fsp3) is 0.100. The second-order valence-corrected chi connectivity index (χ2v) is 2.96. The van der Waals surface area contributed by atoms with Gasteiger partial charge in [0.15, 0.2) is 5.43 Å². The minimum atomic E-state index is -0.470. The van der Waals surface area contributed by atoms with Gasteiger partial charge in [-0.25, -0.2) is 4.39 Å². The van der Waals surface area contributed by atoms with E-state index >= 15 is 0 Å². The summed E-state index contributed by atoms with van der Waals surface area (Å²) in [6.45, 7) is 1.83. The van der Waals surface area contributed by atoms with Crippen LogP contribution in [0.5, 0.6) is 0 Å². The van der Waals surface area contributed by atoms with E-state index in [2.05, 4.69) is 4.98 Å². The Bertz CT molecular complexity index is 516. The number of nitrogens with one attached hydrogen (secondary N) is 1. The number of hydrogen-bond donors (Lipinski definition) is 1. The number of fused-ring (bicyclic) bond motifs is 1. The molecule has 0 spiro atoms. The van der Waals surface area contributed by atoms with Crippen molar-refractivity contribution in [2.45, 2.75) is 6.92 Å². The summed E-state index contributed by atoms with van der Waals surface area (Å²) in [5.41, 5.74) is 1.16. The van der Waals surface area contributed by atoms with Gasteiger partial charge in [-0.05, 0) is 18.6 Å². The largest absolute Gasteiger partial charge is 0.361 e. The maximum atomic E-state index is 13.2. The Kier molecular flexibility index (Phi) is 1.65. The van der Waals surface area contributed by atoms with E-state index in [1.807, 2.05) is 6.92 Å². The average molecular weight is 177 g/mol. The van der Waals surface area contributed by atoms with Gasteiger partial charge in [-0.3, -0.25) is 4.79 Å². The zero-order chi connectivity index (χ0) is 9.42. The predicted molar refractivity (Wildman–Crippen MR) is 49.3 cm³/mol. The van der Waals surface area contributed by atoms with Crippen molar-refractivity contribution >= 4 is 10.9 Å². The molecule has 0 aliphatic rings. The van der Waals surface area contributed by atoms with Gasteiger partial charge >= 0.3 is 0 Å². The fourth-order valence-corrected chi connectivity index (χ4v) is 1.39. The molecule has 0 aliphatic heterocycles. The van der Waals surface area contributed by atoms with Gasteiger partial charge in [0.25, 0.3) is 0 Å². The van der Waals surface area contributed by atoms with Gasteiger partial charge in [0.05, 0.1) is 10.9 Å². The molecule has 1 aromatic carbocycles. The average Bonchev–Trinajstić information content (AvgIpc) is 2.12. The number of benzene rings is 1. The van der Waals surface area contributed by atoms with Crippen molar-refractivity contribution in [1.29, 1.82) is 0 Å². The Morgan fingerprint density at radius 3 is 2.77 bits per heavy atom. The summed E-state index contributed by atoms with van der Waals surface area (Å²) in [7, 11) is 0. The molecule has 0 fully saturated rings. The first-order valence-electron chi connectivity index (χ1n) is 3.96. The quantitative estimate of drug-likeness (QED) is 0.655. The molecule has 0 saturated heterocycles. The number of pyridine rings is 1. The first-order valence-corrected chi connectivity index (χ1v) is 3.96. The summed E-state index contributed by atoms with van der Waals surface area (Å²) in [6, 6.07) is 4.28. The Balaban J connectivity index is 3.09. The normalized spacial score (nSPS) is 10.6. The SMILES string of the molecule is Cc1ccc(F)c2c(=O)cc[nH]c12. The first-order chi connectivity index (χ1) is 6.20. The lowest BCUT2D eigenvalue weighted by Crippen LogP contribution is -2.03. The number of rotatable bonds is 0. The van der Waals surface area contributed by atoms with Crippen molar-refractivity contribution in [1.82, 2.24) is 4.98 Å². The van der Waals surface area contributed by atoms with E-state index in [-0.39, 0.29) is 10.8 Å². The van der Waals surface area contributed by atoms with E-state index < -0.39 is 5.82 Å². The topological polar surface area (TPSA) is 32.9 Å². The van der Waals surface area contributed by atoms with Gasteiger partial charge in [-0.2, -0.15) is 0 Å². The summed E-state index contributed by atoms with van der Waals surface area (Å²) >= 11 is 0. The molecule has 13 heavy (non-hydrogen) atoms. The van der Waals surface area contributed by atoms with Crippen LogP contribution in [-0.2, 0) is 0 Å². The van der Waals surface area contributed by atoms with E-state index in [0.29, 0.717) is 5.52 Å². The van der Waals surface area contributed by atoms with Gasteiger partial charge in [0.1, 0.15) is 5.82 Å². The van der Waals surface area contributed by atoms with Gasteiger partial charge in [0.2, 0.25) is 0 Å². The molecule has 2 nitrogen and oxygen atoms in total. The van der Waals surface area contributed by atoms with Crippen molar-refractivity contribution in [3.05, 3.63) is 46.0 Å². The van der Waals surface area contributed by atoms with Crippen molar-refractivity contribution in [3.63, 3.8) is 0 Å². The van der Waals surface area contributed by atoms with E-state index in [1.54, 1.807) is 6.07 Å². The van der Waals surface area contributed by atoms with E-state index in [4.69, 9.17) is 0 Å². The summed E-state index contributed by atoms with van der Waals surface area (Å²) in [6.07, 6.45) is 1.52. The molecule has 0 unspecified atom stereocenters. The van der Waals surface area contributed by atoms with Crippen LogP contribution in [0.3, 0.4) is 0 Å². The lowest BCUT2D eigenvalue weighted by Gasteiger charge is -2.01. The molecule has 0 aliphatic carbocycles. The van der Waals surface area contributed by atoms with Crippen molar-refractivity contribution in [2.24, 2.45) is 0 Å². The molecule has 0 atom stereocenters. The number of hydrogen-bond acceptors (Lipinski definition) is 1. The second kappa shape index (κ2) is 2.69. The van der Waals surface area contributed by atoms with Crippen LogP contribution in [0.25, 0.3) is 10.9 Å². The Hall–Kier alpha value is -1.64. The standard InChI is InChI=1S/C10H8FNO/c1-6-2-3-7(11)9-8(13)4-5-12-10(6)9/h2-5H,1H3,(H,12,13). The van der Waals surface area contributed by atoms with Crippen LogP contribution in [0.1, 0.15) is 5.56 Å². The molecule has 1 N–H and O–H groups in total. The number of aromatic nitrogens is 1. The summed E-state index contributed by atoms with van der Waals surface area (Å²) in [4.78, 5) is 14.2. The zero-order valence-corrected chi connectivity index (χ0v) is 7.10. The predicted octanol–water partition coefficient (Wildman–Crippen LogP) is 1.98. The van der Waals surface area contributed by atoms with E-state index in [1.165, 1.54) is 18.3 Å². The third-order valence-electron chi connectivity index (χ3n) is 2.07. The third-order valence-corrected chi connectivity index (χ3v) is 2.07. The minimum absolute atomic E-state index is 0.141. The maximum Gasteiger partial charge on any atom is 0.192 e. The van der Waals surface area contributed by atoms with Crippen LogP contribution < -0.4 is 5.43 Å². The molecule has 2 aromatic rings. The molecule has 66 valence electrons. The van der Waals surface area contributed by atoms with Crippen molar-refractivity contribution in [3.8, 4) is 0 Å². The highest BCUT2D eigenvalue weighted by Gasteiger charge is 2.05. The molecule has 2 rings (SSSR count). The highest BCUT2D eigenvalue weighted by molar-refractivity contribution is 5.81. The molecule has 0 amide bonds. The molecular weight excluding hydrogens is 169 g/mol. The van der Waals surface area contributed by atoms with Gasteiger partial charge < -0.3 is 4.98 Å². The molecular formula is C10H8FNO. The highest BCUT2D eigenvalue weighted by Crippen LogP contribution is 2.15. The molecule has 0 saturated carbocycles. The van der Waals surface area contributed by atoms with Crippen LogP contribution in [0.2, 0.25) is 0 Å². The monoisotopic (exact) mass is 177 g/mol. The fourth-order valence-electron chi connectivity index (χ4n) is 1.39. The number of aromatic amines is 1. The maximum absolute atomic E-state index is 13.2. The Morgan fingerprint density at radius 2 is 2.08 bits per heavy atom. The highest BCUT2D eigenvalue weighted by atomic mass is 19.1. The molecule has 1 aromatic heterocycles. The van der Waals surface area contributed by atoms with Gasteiger partial charge in [0, 0.05) is 12.3 Å². The smallest absolute Gasteiger partial charge is 0.192 e. The Morgan fingerprint density at radius 1 is 1.31 bits per heavy atom. The van der Waals surface area contributed by atoms with Gasteiger partial charge in [-0.1, -0.05) is 6.07 Å².